The average molecular weight is 179 g/mol. The van der Waals surface area contributed by atoms with Crippen LogP contribution in [0.15, 0.2) is 29.4 Å². The maximum absolute atomic E-state index is 12.9. The first-order valence-corrected chi connectivity index (χ1v) is 3.54. The first-order chi connectivity index (χ1) is 6.25. The van der Waals surface area contributed by atoms with Crippen molar-refractivity contribution in [3.8, 4) is 0 Å². The fourth-order valence-corrected chi connectivity index (χ4v) is 0.868. The summed E-state index contributed by atoms with van der Waals surface area (Å²) in [6, 6.07) is 5.57. The molecule has 0 aliphatic heterocycles. The molecule has 0 saturated heterocycles. The Labute approximate surface area is 73.6 Å². The second-order valence-electron chi connectivity index (χ2n) is 2.29. The largest absolute Gasteiger partial charge is 0.294 e. The van der Waals surface area contributed by atoms with E-state index < -0.39 is 11.6 Å². The minimum absolute atomic E-state index is 0.0464. The van der Waals surface area contributed by atoms with E-state index >= 15 is 0 Å². The molecule has 1 aromatic carbocycles. The first kappa shape index (κ1) is 9.22. The van der Waals surface area contributed by atoms with E-state index in [4.69, 9.17) is 5.53 Å². The Bertz CT molecular complexity index is 371. The van der Waals surface area contributed by atoms with Crippen molar-refractivity contribution in [3.63, 3.8) is 0 Å². The standard InChI is InChI=1S/C8H6FN3O/c9-7-4-2-1-3-6(7)8(13)5-11-12-10/h1-4H,5H2. The van der Waals surface area contributed by atoms with Crippen molar-refractivity contribution in [2.45, 2.75) is 0 Å². The third-order valence-electron chi connectivity index (χ3n) is 1.45. The molecule has 0 amide bonds. The summed E-state index contributed by atoms with van der Waals surface area (Å²) >= 11 is 0. The van der Waals surface area contributed by atoms with Crippen LogP contribution in [0.4, 0.5) is 4.39 Å². The molecule has 0 atom stereocenters. The van der Waals surface area contributed by atoms with Gasteiger partial charge in [0.1, 0.15) is 5.82 Å². The summed E-state index contributed by atoms with van der Waals surface area (Å²) in [6.07, 6.45) is 0. The summed E-state index contributed by atoms with van der Waals surface area (Å²) in [5.41, 5.74) is 7.90. The molecule has 0 heterocycles. The molecule has 66 valence electrons. The minimum Gasteiger partial charge on any atom is -0.294 e. The van der Waals surface area contributed by atoms with Crippen molar-refractivity contribution in [2.75, 3.05) is 6.54 Å². The van der Waals surface area contributed by atoms with Gasteiger partial charge in [-0.15, -0.1) is 0 Å². The highest BCUT2D eigenvalue weighted by molar-refractivity contribution is 5.97. The fourth-order valence-electron chi connectivity index (χ4n) is 0.868. The molecule has 0 fully saturated rings. The lowest BCUT2D eigenvalue weighted by Gasteiger charge is -1.97. The van der Waals surface area contributed by atoms with Crippen molar-refractivity contribution in [1.29, 1.82) is 0 Å². The zero-order chi connectivity index (χ0) is 9.68. The minimum atomic E-state index is -0.597. The molecule has 1 aromatic rings. The number of hydrogen-bond acceptors (Lipinski definition) is 2. The van der Waals surface area contributed by atoms with E-state index in [0.29, 0.717) is 0 Å². The quantitative estimate of drug-likeness (QED) is 0.304. The van der Waals surface area contributed by atoms with Crippen LogP contribution in [0.3, 0.4) is 0 Å². The van der Waals surface area contributed by atoms with Crippen molar-refractivity contribution in [2.24, 2.45) is 5.11 Å². The summed E-state index contributed by atoms with van der Waals surface area (Å²) in [6.45, 7) is -0.350. The topological polar surface area (TPSA) is 65.8 Å². The highest BCUT2D eigenvalue weighted by atomic mass is 19.1. The Balaban J connectivity index is 2.88. The Morgan fingerprint density at radius 1 is 1.54 bits per heavy atom. The first-order valence-electron chi connectivity index (χ1n) is 3.54. The maximum Gasteiger partial charge on any atom is 0.171 e. The molecule has 0 N–H and O–H groups in total. The summed E-state index contributed by atoms with van der Waals surface area (Å²) in [7, 11) is 0. The molecule has 0 aromatic heterocycles. The number of benzene rings is 1. The van der Waals surface area contributed by atoms with Crippen LogP contribution in [0, 0.1) is 5.82 Å². The molecule has 0 bridgehead atoms. The van der Waals surface area contributed by atoms with E-state index in [1.165, 1.54) is 18.2 Å². The van der Waals surface area contributed by atoms with Gasteiger partial charge in [-0.3, -0.25) is 4.79 Å². The Hall–Kier alpha value is -1.87. The lowest BCUT2D eigenvalue weighted by atomic mass is 10.1. The van der Waals surface area contributed by atoms with Gasteiger partial charge in [-0.25, -0.2) is 4.39 Å². The number of rotatable bonds is 3. The molecule has 4 nitrogen and oxygen atoms in total. The molecule has 0 aliphatic rings. The third kappa shape index (κ3) is 2.28. The van der Waals surface area contributed by atoms with Gasteiger partial charge >= 0.3 is 0 Å². The number of carbonyl (C=O) groups excluding carboxylic acids is 1. The van der Waals surface area contributed by atoms with Crippen molar-refractivity contribution in [1.82, 2.24) is 0 Å². The molecule has 0 aliphatic carbocycles. The Morgan fingerprint density at radius 2 is 2.23 bits per heavy atom. The van der Waals surface area contributed by atoms with Crippen LogP contribution >= 0.6 is 0 Å². The van der Waals surface area contributed by atoms with E-state index in [1.807, 2.05) is 0 Å². The zero-order valence-corrected chi connectivity index (χ0v) is 6.64. The smallest absolute Gasteiger partial charge is 0.171 e. The number of carbonyl (C=O) groups is 1. The summed E-state index contributed by atoms with van der Waals surface area (Å²) in [5.74, 6) is -1.11. The highest BCUT2D eigenvalue weighted by Crippen LogP contribution is 2.06. The summed E-state index contributed by atoms with van der Waals surface area (Å²) in [5, 5.41) is 3.05. The second kappa shape index (κ2) is 4.23. The van der Waals surface area contributed by atoms with Gasteiger partial charge in [-0.05, 0) is 17.7 Å². The van der Waals surface area contributed by atoms with E-state index in [1.54, 1.807) is 6.07 Å². The van der Waals surface area contributed by atoms with Gasteiger partial charge < -0.3 is 0 Å². The molecular weight excluding hydrogens is 173 g/mol. The Morgan fingerprint density at radius 3 is 2.85 bits per heavy atom. The number of nitrogens with zero attached hydrogens (tertiary/aromatic N) is 3. The van der Waals surface area contributed by atoms with Gasteiger partial charge in [-0.2, -0.15) is 0 Å². The van der Waals surface area contributed by atoms with Gasteiger partial charge in [0, 0.05) is 4.91 Å². The molecular formula is C8H6FN3O. The van der Waals surface area contributed by atoms with Crippen LogP contribution in [-0.4, -0.2) is 12.3 Å². The molecule has 0 spiro atoms. The lowest BCUT2D eigenvalue weighted by molar-refractivity contribution is 0.0998. The van der Waals surface area contributed by atoms with Gasteiger partial charge in [0.25, 0.3) is 0 Å². The number of halogens is 1. The molecule has 0 radical (unpaired) electrons. The molecule has 0 saturated carbocycles. The van der Waals surface area contributed by atoms with Crippen LogP contribution in [0.5, 0.6) is 0 Å². The van der Waals surface area contributed by atoms with Crippen molar-refractivity contribution < 1.29 is 9.18 Å². The van der Waals surface area contributed by atoms with Gasteiger partial charge in [0.2, 0.25) is 0 Å². The average Bonchev–Trinajstić information content (AvgIpc) is 2.15. The van der Waals surface area contributed by atoms with Gasteiger partial charge in [0.15, 0.2) is 5.78 Å². The normalized spacial score (nSPS) is 9.00. The Kier molecular flexibility index (Phi) is 3.00. The third-order valence-corrected chi connectivity index (χ3v) is 1.45. The van der Waals surface area contributed by atoms with Gasteiger partial charge in [0.05, 0.1) is 12.1 Å². The van der Waals surface area contributed by atoms with E-state index in [9.17, 15) is 9.18 Å². The van der Waals surface area contributed by atoms with E-state index in [-0.39, 0.29) is 12.1 Å². The highest BCUT2D eigenvalue weighted by Gasteiger charge is 2.08. The van der Waals surface area contributed by atoms with Crippen LogP contribution in [0.1, 0.15) is 10.4 Å². The second-order valence-corrected chi connectivity index (χ2v) is 2.29. The SMILES string of the molecule is [N-]=[N+]=NCC(=O)c1ccccc1F. The summed E-state index contributed by atoms with van der Waals surface area (Å²) < 4.78 is 12.9. The van der Waals surface area contributed by atoms with E-state index in [0.717, 1.165) is 0 Å². The van der Waals surface area contributed by atoms with E-state index in [2.05, 4.69) is 10.0 Å². The maximum atomic E-state index is 12.9. The molecule has 13 heavy (non-hydrogen) atoms. The number of hydrogen-bond donors (Lipinski definition) is 0. The fraction of sp³-hybridized carbons (Fsp3) is 0.125. The van der Waals surface area contributed by atoms with Gasteiger partial charge in [-0.1, -0.05) is 17.2 Å². The predicted octanol–water partition coefficient (Wildman–Crippen LogP) is 2.32. The van der Waals surface area contributed by atoms with Crippen molar-refractivity contribution in [3.05, 3.63) is 46.1 Å². The number of azide groups is 1. The summed E-state index contributed by atoms with van der Waals surface area (Å²) in [4.78, 5) is 13.5. The molecule has 5 heteroatoms. The van der Waals surface area contributed by atoms with Crippen LogP contribution in [-0.2, 0) is 0 Å². The molecule has 0 unspecified atom stereocenters. The lowest BCUT2D eigenvalue weighted by Crippen LogP contribution is -2.04. The van der Waals surface area contributed by atoms with Crippen LogP contribution in [0.2, 0.25) is 0 Å². The predicted molar refractivity (Wildman–Crippen MR) is 44.7 cm³/mol. The number of ketones is 1. The molecule has 1 rings (SSSR count). The monoisotopic (exact) mass is 179 g/mol. The number of Topliss-reactive ketones (excluding diaryl/α,β-unsaturated/α-hetero) is 1. The van der Waals surface area contributed by atoms with Crippen molar-refractivity contribution >= 4 is 5.78 Å². The zero-order valence-electron chi connectivity index (χ0n) is 6.64. The van der Waals surface area contributed by atoms with Crippen LogP contribution in [0.25, 0.3) is 10.4 Å². The van der Waals surface area contributed by atoms with Crippen LogP contribution < -0.4 is 0 Å².